The maximum absolute atomic E-state index is 11.9. The minimum Gasteiger partial charge on any atom is -0.480 e. The molecule has 0 bridgehead atoms. The third-order valence-electron chi connectivity index (χ3n) is 2.54. The molecular formula is C11H14N2O4. The molecule has 6 heteroatoms. The molecule has 0 radical (unpaired) electrons. The lowest BCUT2D eigenvalue weighted by molar-refractivity contribution is -0.141. The number of aromatic nitrogens is 1. The number of aryl methyl sites for hydroxylation is 1. The van der Waals surface area contributed by atoms with Gasteiger partial charge < -0.3 is 15.0 Å². The predicted molar refractivity (Wildman–Crippen MR) is 61.0 cm³/mol. The number of aromatic amines is 1. The van der Waals surface area contributed by atoms with Gasteiger partial charge >= 0.3 is 5.97 Å². The van der Waals surface area contributed by atoms with Crippen LogP contribution in [0.1, 0.15) is 23.0 Å². The van der Waals surface area contributed by atoms with Gasteiger partial charge in [0.05, 0.1) is 0 Å². The highest BCUT2D eigenvalue weighted by Gasteiger charge is 2.24. The fraction of sp³-hybridized carbons (Fsp3) is 0.364. The van der Waals surface area contributed by atoms with Crippen LogP contribution in [-0.4, -0.2) is 40.0 Å². The van der Waals surface area contributed by atoms with Crippen LogP contribution in [0, 0.1) is 6.92 Å². The Balaban J connectivity index is 3.05. The fourth-order valence-electron chi connectivity index (χ4n) is 1.27. The molecule has 0 aliphatic rings. The largest absolute Gasteiger partial charge is 0.480 e. The topological polar surface area (TPSA) is 90.5 Å². The van der Waals surface area contributed by atoms with E-state index >= 15 is 0 Å². The Morgan fingerprint density at radius 2 is 2.00 bits per heavy atom. The molecule has 92 valence electrons. The van der Waals surface area contributed by atoms with E-state index in [4.69, 9.17) is 5.11 Å². The first-order valence-corrected chi connectivity index (χ1v) is 5.04. The molecule has 2 N–H and O–H groups in total. The zero-order chi connectivity index (χ0) is 13.2. The van der Waals surface area contributed by atoms with Crippen molar-refractivity contribution in [1.82, 2.24) is 9.88 Å². The van der Waals surface area contributed by atoms with Crippen molar-refractivity contribution in [3.8, 4) is 0 Å². The lowest BCUT2D eigenvalue weighted by atomic mass is 10.2. The number of amides is 1. The number of pyridine rings is 1. The highest BCUT2D eigenvalue weighted by molar-refractivity contribution is 5.96. The summed E-state index contributed by atoms with van der Waals surface area (Å²) in [5, 5.41) is 8.78. The molecule has 1 atom stereocenters. The zero-order valence-corrected chi connectivity index (χ0v) is 9.85. The Labute approximate surface area is 97.9 Å². The number of aliphatic carboxylic acids is 1. The summed E-state index contributed by atoms with van der Waals surface area (Å²) in [6.45, 7) is 3.07. The standard InChI is InChI=1S/C11H14N2O4/c1-6-4-5-8(9(14)12-6)10(15)13(3)7(2)11(16)17/h4-5,7H,1-3H3,(H,12,14)(H,16,17). The van der Waals surface area contributed by atoms with Crippen molar-refractivity contribution < 1.29 is 14.7 Å². The van der Waals surface area contributed by atoms with Crippen LogP contribution in [-0.2, 0) is 4.79 Å². The second kappa shape index (κ2) is 4.82. The van der Waals surface area contributed by atoms with Crippen LogP contribution >= 0.6 is 0 Å². The van der Waals surface area contributed by atoms with Gasteiger partial charge in [0.25, 0.3) is 11.5 Å². The van der Waals surface area contributed by atoms with Gasteiger partial charge in [-0.05, 0) is 26.0 Å². The molecule has 1 aromatic heterocycles. The molecule has 1 amide bonds. The Morgan fingerprint density at radius 1 is 1.41 bits per heavy atom. The summed E-state index contributed by atoms with van der Waals surface area (Å²) in [4.78, 5) is 37.6. The van der Waals surface area contributed by atoms with Crippen molar-refractivity contribution in [2.45, 2.75) is 19.9 Å². The van der Waals surface area contributed by atoms with Gasteiger partial charge in [-0.15, -0.1) is 0 Å². The summed E-state index contributed by atoms with van der Waals surface area (Å²) in [5.74, 6) is -1.73. The van der Waals surface area contributed by atoms with Crippen molar-refractivity contribution in [1.29, 1.82) is 0 Å². The number of carboxylic acid groups (broad SMARTS) is 1. The van der Waals surface area contributed by atoms with E-state index < -0.39 is 23.5 Å². The van der Waals surface area contributed by atoms with Crippen molar-refractivity contribution in [3.05, 3.63) is 33.7 Å². The summed E-state index contributed by atoms with van der Waals surface area (Å²) in [5.41, 5.74) is 0.0612. The summed E-state index contributed by atoms with van der Waals surface area (Å²) < 4.78 is 0. The smallest absolute Gasteiger partial charge is 0.326 e. The zero-order valence-electron chi connectivity index (χ0n) is 9.85. The van der Waals surface area contributed by atoms with Crippen LogP contribution in [0.3, 0.4) is 0 Å². The summed E-state index contributed by atoms with van der Waals surface area (Å²) >= 11 is 0. The lowest BCUT2D eigenvalue weighted by Crippen LogP contribution is -2.42. The van der Waals surface area contributed by atoms with E-state index in [1.54, 1.807) is 13.0 Å². The normalized spacial score (nSPS) is 11.9. The maximum Gasteiger partial charge on any atom is 0.326 e. The van der Waals surface area contributed by atoms with Gasteiger partial charge in [0.2, 0.25) is 0 Å². The molecule has 1 heterocycles. The van der Waals surface area contributed by atoms with E-state index in [0.717, 1.165) is 4.90 Å². The molecule has 1 rings (SSSR count). The third kappa shape index (κ3) is 2.72. The Morgan fingerprint density at radius 3 is 2.47 bits per heavy atom. The first-order chi connectivity index (χ1) is 7.84. The number of rotatable bonds is 3. The highest BCUT2D eigenvalue weighted by atomic mass is 16.4. The number of likely N-dealkylation sites (N-methyl/N-ethyl adjacent to an activating group) is 1. The average molecular weight is 238 g/mol. The molecular weight excluding hydrogens is 224 g/mol. The number of carboxylic acids is 1. The molecule has 6 nitrogen and oxygen atoms in total. The molecule has 0 spiro atoms. The number of H-pyrrole nitrogens is 1. The van der Waals surface area contributed by atoms with Gasteiger partial charge in [0.15, 0.2) is 0 Å². The molecule has 0 fully saturated rings. The molecule has 0 aliphatic heterocycles. The van der Waals surface area contributed by atoms with E-state index in [-0.39, 0.29) is 5.56 Å². The Bertz CT molecular complexity index is 506. The monoisotopic (exact) mass is 238 g/mol. The van der Waals surface area contributed by atoms with Gasteiger partial charge in [0.1, 0.15) is 11.6 Å². The number of hydrogen-bond acceptors (Lipinski definition) is 3. The predicted octanol–water partition coefficient (Wildman–Crippen LogP) is 0.228. The Hall–Kier alpha value is -2.11. The second-order valence-electron chi connectivity index (χ2n) is 3.81. The van der Waals surface area contributed by atoms with Crippen molar-refractivity contribution in [3.63, 3.8) is 0 Å². The quantitative estimate of drug-likeness (QED) is 0.788. The highest BCUT2D eigenvalue weighted by Crippen LogP contribution is 2.03. The van der Waals surface area contributed by atoms with E-state index in [1.165, 1.54) is 20.0 Å². The van der Waals surface area contributed by atoms with Gasteiger partial charge in [-0.25, -0.2) is 4.79 Å². The van der Waals surface area contributed by atoms with Gasteiger partial charge in [0, 0.05) is 12.7 Å². The van der Waals surface area contributed by atoms with E-state index in [2.05, 4.69) is 4.98 Å². The molecule has 1 unspecified atom stereocenters. The number of nitrogens with one attached hydrogen (secondary N) is 1. The molecule has 0 aromatic carbocycles. The first-order valence-electron chi connectivity index (χ1n) is 5.04. The molecule has 17 heavy (non-hydrogen) atoms. The number of hydrogen-bond donors (Lipinski definition) is 2. The van der Waals surface area contributed by atoms with Gasteiger partial charge in [-0.3, -0.25) is 9.59 Å². The third-order valence-corrected chi connectivity index (χ3v) is 2.54. The minimum atomic E-state index is -1.12. The molecule has 0 saturated carbocycles. The SMILES string of the molecule is Cc1ccc(C(=O)N(C)C(C)C(=O)O)c(=O)[nH]1. The second-order valence-corrected chi connectivity index (χ2v) is 3.81. The minimum absolute atomic E-state index is 0.0637. The first kappa shape index (κ1) is 13.0. The van der Waals surface area contributed by atoms with E-state index in [9.17, 15) is 14.4 Å². The number of carbonyl (C=O) groups is 2. The average Bonchev–Trinajstić information content (AvgIpc) is 2.26. The van der Waals surface area contributed by atoms with Gasteiger partial charge in [-0.1, -0.05) is 0 Å². The number of nitrogens with zero attached hydrogens (tertiary/aromatic N) is 1. The van der Waals surface area contributed by atoms with Crippen molar-refractivity contribution >= 4 is 11.9 Å². The van der Waals surface area contributed by atoms with Crippen LogP contribution in [0.4, 0.5) is 0 Å². The molecule has 1 aromatic rings. The summed E-state index contributed by atoms with van der Waals surface area (Å²) in [7, 11) is 1.35. The van der Waals surface area contributed by atoms with E-state index in [1.807, 2.05) is 0 Å². The lowest BCUT2D eigenvalue weighted by Gasteiger charge is -2.21. The summed E-state index contributed by atoms with van der Waals surface area (Å²) in [6, 6.07) is 2.00. The van der Waals surface area contributed by atoms with E-state index in [0.29, 0.717) is 5.69 Å². The van der Waals surface area contributed by atoms with Gasteiger partial charge in [-0.2, -0.15) is 0 Å². The fourth-order valence-corrected chi connectivity index (χ4v) is 1.27. The van der Waals surface area contributed by atoms with Crippen LogP contribution in [0.15, 0.2) is 16.9 Å². The number of carbonyl (C=O) groups excluding carboxylic acids is 1. The molecule has 0 aliphatic carbocycles. The van der Waals surface area contributed by atoms with Crippen LogP contribution < -0.4 is 5.56 Å². The summed E-state index contributed by atoms with van der Waals surface area (Å²) in [6.07, 6.45) is 0. The van der Waals surface area contributed by atoms with Crippen molar-refractivity contribution in [2.75, 3.05) is 7.05 Å². The molecule has 0 saturated heterocycles. The van der Waals surface area contributed by atoms with Crippen LogP contribution in [0.5, 0.6) is 0 Å². The Kier molecular flexibility index (Phi) is 3.67. The van der Waals surface area contributed by atoms with Crippen LogP contribution in [0.25, 0.3) is 0 Å². The van der Waals surface area contributed by atoms with Crippen molar-refractivity contribution in [2.24, 2.45) is 0 Å². The van der Waals surface area contributed by atoms with Crippen LogP contribution in [0.2, 0.25) is 0 Å². The maximum atomic E-state index is 11.9.